The van der Waals surface area contributed by atoms with E-state index in [-0.39, 0.29) is 5.91 Å². The summed E-state index contributed by atoms with van der Waals surface area (Å²) in [6.07, 6.45) is 3.93. The van der Waals surface area contributed by atoms with Gasteiger partial charge in [0.15, 0.2) is 0 Å². The molecule has 40 heavy (non-hydrogen) atoms. The molecule has 0 aliphatic carbocycles. The van der Waals surface area contributed by atoms with Gasteiger partial charge < -0.3 is 0 Å². The molecule has 0 atom stereocenters. The second-order valence-electron chi connectivity index (χ2n) is 9.74. The van der Waals surface area contributed by atoms with Crippen LogP contribution in [0.2, 0.25) is 0 Å². The van der Waals surface area contributed by atoms with Crippen molar-refractivity contribution in [1.29, 1.82) is 0 Å². The van der Waals surface area contributed by atoms with Crippen LogP contribution in [0.25, 0.3) is 23.0 Å². The smallest absolute Gasteiger partial charge is 0.267 e. The maximum absolute atomic E-state index is 13.9. The molecule has 0 saturated heterocycles. The van der Waals surface area contributed by atoms with Crippen molar-refractivity contribution in [2.24, 2.45) is 5.10 Å². The van der Waals surface area contributed by atoms with E-state index in [2.05, 4.69) is 62.4 Å². The Morgan fingerprint density at radius 2 is 1.35 bits per heavy atom. The lowest BCUT2D eigenvalue weighted by Crippen LogP contribution is -2.21. The summed E-state index contributed by atoms with van der Waals surface area (Å²) in [5, 5.41) is 11.3. The molecular weight excluding hydrogens is 512 g/mol. The first-order valence-electron chi connectivity index (χ1n) is 13.2. The Labute approximate surface area is 238 Å². The summed E-state index contributed by atoms with van der Waals surface area (Å²) in [5.41, 5.74) is 8.06. The third-order valence-corrected chi connectivity index (χ3v) is 7.76. The maximum atomic E-state index is 13.9. The number of rotatable bonds is 7. The average molecular weight is 541 g/mol. The van der Waals surface area contributed by atoms with Gasteiger partial charge in [-0.1, -0.05) is 83.9 Å². The number of carbonyl (C=O) groups excluding carboxylic acids is 1. The molecule has 1 aliphatic rings. The van der Waals surface area contributed by atoms with Crippen molar-refractivity contribution >= 4 is 35.1 Å². The largest absolute Gasteiger partial charge is 0.280 e. The van der Waals surface area contributed by atoms with E-state index in [0.717, 1.165) is 38.8 Å². The standard InChI is InChI=1S/C34H28N4OS/c1-24-13-17-26(18-14-24)33-27(22-37(36-33)28-9-5-3-6-10-28)21-31-32(23-40-30-19-15-25(2)16-20-30)35-38(34(31)39)29-11-7-4-8-12-29/h3-22H,23H2,1-2H3/b31-21-. The third kappa shape index (κ3) is 5.40. The SMILES string of the molecule is Cc1ccc(SCC2=NN(c3ccccc3)C(=O)/C2=C\c2cn(-c3ccccc3)nc2-c2ccc(C)cc2)cc1. The number of aryl methyl sites for hydroxylation is 2. The molecular formula is C34H28N4OS. The van der Waals surface area contributed by atoms with Crippen LogP contribution < -0.4 is 5.01 Å². The van der Waals surface area contributed by atoms with Gasteiger partial charge in [-0.15, -0.1) is 11.8 Å². The summed E-state index contributed by atoms with van der Waals surface area (Å²) in [7, 11) is 0. The van der Waals surface area contributed by atoms with E-state index in [0.29, 0.717) is 11.3 Å². The second kappa shape index (κ2) is 11.2. The van der Waals surface area contributed by atoms with Crippen LogP contribution in [-0.4, -0.2) is 27.2 Å². The zero-order valence-electron chi connectivity index (χ0n) is 22.4. The van der Waals surface area contributed by atoms with Crippen molar-refractivity contribution in [2.45, 2.75) is 18.7 Å². The van der Waals surface area contributed by atoms with Crippen LogP contribution in [0.4, 0.5) is 5.69 Å². The molecule has 1 aromatic heterocycles. The Balaban J connectivity index is 1.43. The summed E-state index contributed by atoms with van der Waals surface area (Å²) in [6.45, 7) is 4.15. The number of nitrogens with zero attached hydrogens (tertiary/aromatic N) is 4. The van der Waals surface area contributed by atoms with Crippen LogP contribution in [-0.2, 0) is 4.79 Å². The molecule has 5 nitrogen and oxygen atoms in total. The van der Waals surface area contributed by atoms with Crippen LogP contribution in [0.3, 0.4) is 0 Å². The number of anilines is 1. The molecule has 6 heteroatoms. The molecule has 0 radical (unpaired) electrons. The molecule has 2 heterocycles. The van der Waals surface area contributed by atoms with E-state index < -0.39 is 0 Å². The van der Waals surface area contributed by atoms with E-state index in [1.165, 1.54) is 16.1 Å². The van der Waals surface area contributed by atoms with Crippen LogP contribution in [0.1, 0.15) is 16.7 Å². The first-order chi connectivity index (χ1) is 19.5. The molecule has 1 aliphatic heterocycles. The van der Waals surface area contributed by atoms with E-state index in [4.69, 9.17) is 10.2 Å². The molecule has 0 saturated carbocycles. The summed E-state index contributed by atoms with van der Waals surface area (Å²) >= 11 is 1.67. The fourth-order valence-corrected chi connectivity index (χ4v) is 5.38. The van der Waals surface area contributed by atoms with Gasteiger partial charge in [0.2, 0.25) is 0 Å². The molecule has 0 N–H and O–H groups in total. The van der Waals surface area contributed by atoms with Gasteiger partial charge in [-0.25, -0.2) is 4.68 Å². The highest BCUT2D eigenvalue weighted by molar-refractivity contribution is 8.00. The number of hydrogen-bond donors (Lipinski definition) is 0. The fraction of sp³-hybridized carbons (Fsp3) is 0.0882. The maximum Gasteiger partial charge on any atom is 0.280 e. The Hall–Kier alpha value is -4.68. The van der Waals surface area contributed by atoms with Crippen molar-refractivity contribution < 1.29 is 4.79 Å². The lowest BCUT2D eigenvalue weighted by Gasteiger charge is -2.11. The van der Waals surface area contributed by atoms with Gasteiger partial charge in [0.25, 0.3) is 5.91 Å². The van der Waals surface area contributed by atoms with Gasteiger partial charge in [-0.2, -0.15) is 15.2 Å². The van der Waals surface area contributed by atoms with Gasteiger partial charge >= 0.3 is 0 Å². The lowest BCUT2D eigenvalue weighted by atomic mass is 10.0. The van der Waals surface area contributed by atoms with Crippen LogP contribution in [0, 0.1) is 13.8 Å². The zero-order valence-corrected chi connectivity index (χ0v) is 23.2. The Bertz CT molecular complexity index is 1700. The summed E-state index contributed by atoms with van der Waals surface area (Å²) < 4.78 is 1.87. The molecule has 0 fully saturated rings. The summed E-state index contributed by atoms with van der Waals surface area (Å²) in [6, 6.07) is 36.3. The average Bonchev–Trinajstić information content (AvgIpc) is 3.55. The highest BCUT2D eigenvalue weighted by Crippen LogP contribution is 2.31. The minimum Gasteiger partial charge on any atom is -0.267 e. The first kappa shape index (κ1) is 25.6. The van der Waals surface area contributed by atoms with E-state index in [1.807, 2.05) is 77.6 Å². The topological polar surface area (TPSA) is 50.5 Å². The van der Waals surface area contributed by atoms with Crippen molar-refractivity contribution in [2.75, 3.05) is 10.8 Å². The predicted octanol–water partition coefficient (Wildman–Crippen LogP) is 7.73. The molecule has 4 aromatic carbocycles. The number of para-hydroxylation sites is 2. The monoisotopic (exact) mass is 540 g/mol. The molecule has 5 aromatic rings. The number of benzene rings is 4. The number of carbonyl (C=O) groups is 1. The summed E-state index contributed by atoms with van der Waals surface area (Å²) in [5.74, 6) is 0.421. The van der Waals surface area contributed by atoms with E-state index in [9.17, 15) is 4.79 Å². The minimum absolute atomic E-state index is 0.145. The van der Waals surface area contributed by atoms with Gasteiger partial charge in [-0.05, 0) is 56.3 Å². The zero-order chi connectivity index (χ0) is 27.5. The Kier molecular flexibility index (Phi) is 7.17. The fourth-order valence-electron chi connectivity index (χ4n) is 4.54. The van der Waals surface area contributed by atoms with Crippen LogP contribution in [0.5, 0.6) is 0 Å². The lowest BCUT2D eigenvalue weighted by molar-refractivity contribution is -0.114. The quantitative estimate of drug-likeness (QED) is 0.157. The Morgan fingerprint density at radius 1 is 0.750 bits per heavy atom. The number of amides is 1. The van der Waals surface area contributed by atoms with Crippen molar-refractivity contribution in [3.8, 4) is 16.9 Å². The van der Waals surface area contributed by atoms with Gasteiger partial charge in [-0.3, -0.25) is 4.79 Å². The molecule has 6 rings (SSSR count). The summed E-state index contributed by atoms with van der Waals surface area (Å²) in [4.78, 5) is 15.0. The van der Waals surface area contributed by atoms with E-state index in [1.54, 1.807) is 11.8 Å². The van der Waals surface area contributed by atoms with Gasteiger partial charge in [0.05, 0.1) is 28.4 Å². The second-order valence-corrected chi connectivity index (χ2v) is 10.8. The molecule has 0 spiro atoms. The molecule has 196 valence electrons. The normalized spacial score (nSPS) is 14.2. The van der Waals surface area contributed by atoms with Crippen molar-refractivity contribution in [1.82, 2.24) is 9.78 Å². The Morgan fingerprint density at radius 3 is 2.00 bits per heavy atom. The number of aromatic nitrogens is 2. The number of hydrogen-bond acceptors (Lipinski definition) is 4. The molecule has 0 bridgehead atoms. The number of thioether (sulfide) groups is 1. The number of hydrazone groups is 1. The first-order valence-corrected chi connectivity index (χ1v) is 14.1. The molecule has 0 unspecified atom stereocenters. The minimum atomic E-state index is -0.145. The third-order valence-electron chi connectivity index (χ3n) is 6.74. The highest BCUT2D eigenvalue weighted by atomic mass is 32.2. The van der Waals surface area contributed by atoms with Crippen LogP contribution >= 0.6 is 11.8 Å². The van der Waals surface area contributed by atoms with Crippen molar-refractivity contribution in [3.05, 3.63) is 138 Å². The predicted molar refractivity (Wildman–Crippen MR) is 165 cm³/mol. The van der Waals surface area contributed by atoms with E-state index >= 15 is 0 Å². The highest BCUT2D eigenvalue weighted by Gasteiger charge is 2.31. The van der Waals surface area contributed by atoms with Gasteiger partial charge in [0.1, 0.15) is 0 Å². The van der Waals surface area contributed by atoms with Crippen molar-refractivity contribution in [3.63, 3.8) is 0 Å². The van der Waals surface area contributed by atoms with Crippen LogP contribution in [0.15, 0.2) is 131 Å². The molecule has 1 amide bonds. The van der Waals surface area contributed by atoms with Gasteiger partial charge in [0, 0.05) is 28.0 Å².